The molecule has 0 aliphatic carbocycles. The maximum atomic E-state index is 13.0. The molecule has 2 rings (SSSR count). The van der Waals surface area contributed by atoms with Gasteiger partial charge in [-0.25, -0.2) is 0 Å². The van der Waals surface area contributed by atoms with Gasteiger partial charge in [-0.3, -0.25) is 9.48 Å². The lowest BCUT2D eigenvalue weighted by Gasteiger charge is -2.39. The van der Waals surface area contributed by atoms with Crippen LogP contribution in [0.5, 0.6) is 0 Å². The second-order valence-corrected chi connectivity index (χ2v) is 5.15. The number of aromatic nitrogens is 2. The summed E-state index contributed by atoms with van der Waals surface area (Å²) in [4.78, 5) is 13.2. The summed E-state index contributed by atoms with van der Waals surface area (Å²) in [6, 6.07) is -0.715. The summed E-state index contributed by atoms with van der Waals surface area (Å²) in [5.74, 6) is -0.675. The fourth-order valence-corrected chi connectivity index (χ4v) is 2.52. The molecule has 1 fully saturated rings. The van der Waals surface area contributed by atoms with E-state index in [1.807, 2.05) is 0 Å². The van der Waals surface area contributed by atoms with Crippen molar-refractivity contribution in [3.8, 4) is 0 Å². The quantitative estimate of drug-likeness (QED) is 0.853. The predicted molar refractivity (Wildman–Crippen MR) is 73.3 cm³/mol. The summed E-state index contributed by atoms with van der Waals surface area (Å²) < 4.78 is 40.4. The van der Waals surface area contributed by atoms with Crippen LogP contribution in [0.4, 0.5) is 13.2 Å². The summed E-state index contributed by atoms with van der Waals surface area (Å²) >= 11 is 0. The molecule has 2 atom stereocenters. The van der Waals surface area contributed by atoms with Crippen LogP contribution in [0.2, 0.25) is 0 Å². The van der Waals surface area contributed by atoms with Crippen LogP contribution in [0.3, 0.4) is 0 Å². The van der Waals surface area contributed by atoms with Crippen LogP contribution in [-0.4, -0.2) is 45.4 Å². The fraction of sp³-hybridized carbons (Fsp3) is 0.667. The van der Waals surface area contributed by atoms with Crippen molar-refractivity contribution < 1.29 is 18.0 Å². The van der Waals surface area contributed by atoms with Crippen LogP contribution in [0.25, 0.3) is 0 Å². The number of amides is 1. The van der Waals surface area contributed by atoms with Crippen molar-refractivity contribution in [3.63, 3.8) is 0 Å². The highest BCUT2D eigenvalue weighted by molar-refractivity contribution is 5.93. The largest absolute Gasteiger partial charge is 0.408 e. The molecule has 120 valence electrons. The first kappa shape index (κ1) is 17.8. The van der Waals surface area contributed by atoms with Crippen LogP contribution in [0.1, 0.15) is 29.0 Å². The lowest BCUT2D eigenvalue weighted by Crippen LogP contribution is -2.56. The maximum absolute atomic E-state index is 13.0. The highest BCUT2D eigenvalue weighted by atomic mass is 35.5. The third-order valence-electron chi connectivity index (χ3n) is 3.48. The molecule has 1 saturated heterocycles. The Bertz CT molecular complexity index is 517. The maximum Gasteiger partial charge on any atom is 0.408 e. The van der Waals surface area contributed by atoms with Crippen LogP contribution >= 0.6 is 12.4 Å². The molecule has 1 aliphatic rings. The minimum Gasteiger partial charge on any atom is -0.326 e. The number of hydrogen-bond donors (Lipinski definition) is 1. The standard InChI is InChI=1S/C12H17F3N4O.ClH/c1-7-5-9(18(2)17-7)11(20)19-6-8(16)3-4-10(19)12(13,14)15;/h5,8,10H,3-4,6,16H2,1-2H3;1H. The number of hydrogen-bond acceptors (Lipinski definition) is 3. The van der Waals surface area contributed by atoms with Gasteiger partial charge in [0.25, 0.3) is 5.91 Å². The predicted octanol–water partition coefficient (Wildman–Crippen LogP) is 1.64. The number of alkyl halides is 3. The van der Waals surface area contributed by atoms with Crippen molar-refractivity contribution in [1.82, 2.24) is 14.7 Å². The van der Waals surface area contributed by atoms with E-state index in [0.29, 0.717) is 5.69 Å². The van der Waals surface area contributed by atoms with Crippen molar-refractivity contribution in [2.45, 2.75) is 38.0 Å². The van der Waals surface area contributed by atoms with Gasteiger partial charge in [-0.05, 0) is 25.8 Å². The van der Waals surface area contributed by atoms with Gasteiger partial charge in [0.15, 0.2) is 0 Å². The minimum atomic E-state index is -4.44. The molecule has 9 heteroatoms. The number of carbonyl (C=O) groups is 1. The first-order valence-electron chi connectivity index (χ1n) is 6.34. The topological polar surface area (TPSA) is 64.2 Å². The number of aryl methyl sites for hydroxylation is 2. The zero-order valence-electron chi connectivity index (χ0n) is 11.7. The Hall–Kier alpha value is -1.28. The second kappa shape index (κ2) is 6.23. The molecule has 0 radical (unpaired) electrons. The summed E-state index contributed by atoms with van der Waals surface area (Å²) in [7, 11) is 1.53. The van der Waals surface area contributed by atoms with Gasteiger partial charge in [-0.15, -0.1) is 12.4 Å². The normalized spacial score (nSPS) is 22.9. The Morgan fingerprint density at radius 3 is 2.52 bits per heavy atom. The molecule has 0 bridgehead atoms. The Balaban J connectivity index is 0.00000220. The van der Waals surface area contributed by atoms with E-state index < -0.39 is 24.2 Å². The monoisotopic (exact) mass is 326 g/mol. The van der Waals surface area contributed by atoms with Crippen molar-refractivity contribution >= 4 is 18.3 Å². The van der Waals surface area contributed by atoms with Gasteiger partial charge in [0.05, 0.1) is 5.69 Å². The molecule has 1 amide bonds. The number of carbonyl (C=O) groups excluding carboxylic acids is 1. The van der Waals surface area contributed by atoms with E-state index in [1.54, 1.807) is 6.92 Å². The van der Waals surface area contributed by atoms with Gasteiger partial charge in [0.1, 0.15) is 11.7 Å². The molecule has 2 unspecified atom stereocenters. The number of rotatable bonds is 1. The van der Waals surface area contributed by atoms with Crippen LogP contribution < -0.4 is 5.73 Å². The molecular formula is C12H18ClF3N4O. The molecule has 0 saturated carbocycles. The van der Waals surface area contributed by atoms with Crippen LogP contribution in [-0.2, 0) is 7.05 Å². The van der Waals surface area contributed by atoms with E-state index in [-0.39, 0.29) is 37.5 Å². The SMILES string of the molecule is Cc1cc(C(=O)N2CC(N)CCC2C(F)(F)F)n(C)n1.Cl. The van der Waals surface area contributed by atoms with Gasteiger partial charge in [-0.2, -0.15) is 18.3 Å². The molecule has 2 N–H and O–H groups in total. The minimum absolute atomic E-state index is 0. The van der Waals surface area contributed by atoms with Crippen molar-refractivity contribution in [3.05, 3.63) is 17.5 Å². The molecular weight excluding hydrogens is 309 g/mol. The Morgan fingerprint density at radius 1 is 1.43 bits per heavy atom. The summed E-state index contributed by atoms with van der Waals surface area (Å²) in [6.07, 6.45) is -4.34. The molecule has 1 aromatic rings. The number of halogens is 4. The molecule has 0 spiro atoms. The average Bonchev–Trinajstić information content (AvgIpc) is 2.65. The van der Waals surface area contributed by atoms with E-state index in [4.69, 9.17) is 5.73 Å². The third-order valence-corrected chi connectivity index (χ3v) is 3.48. The van der Waals surface area contributed by atoms with Crippen molar-refractivity contribution in [2.24, 2.45) is 12.8 Å². The van der Waals surface area contributed by atoms with Gasteiger partial charge < -0.3 is 10.6 Å². The lowest BCUT2D eigenvalue weighted by molar-refractivity contribution is -0.184. The second-order valence-electron chi connectivity index (χ2n) is 5.15. The van der Waals surface area contributed by atoms with Gasteiger partial charge in [-0.1, -0.05) is 0 Å². The first-order valence-corrected chi connectivity index (χ1v) is 6.34. The van der Waals surface area contributed by atoms with Crippen LogP contribution in [0.15, 0.2) is 6.07 Å². The van der Waals surface area contributed by atoms with Gasteiger partial charge in [0, 0.05) is 19.6 Å². The number of nitrogens with two attached hydrogens (primary N) is 1. The zero-order chi connectivity index (χ0) is 15.1. The fourth-order valence-electron chi connectivity index (χ4n) is 2.52. The Kier molecular flexibility index (Phi) is 5.27. The van der Waals surface area contributed by atoms with Crippen molar-refractivity contribution in [1.29, 1.82) is 0 Å². The van der Waals surface area contributed by atoms with Gasteiger partial charge >= 0.3 is 6.18 Å². The van der Waals surface area contributed by atoms with E-state index in [9.17, 15) is 18.0 Å². The molecule has 21 heavy (non-hydrogen) atoms. The highest BCUT2D eigenvalue weighted by Gasteiger charge is 2.48. The smallest absolute Gasteiger partial charge is 0.326 e. The average molecular weight is 327 g/mol. The first-order chi connectivity index (χ1) is 9.20. The highest BCUT2D eigenvalue weighted by Crippen LogP contribution is 2.32. The summed E-state index contributed by atoms with van der Waals surface area (Å²) in [6.45, 7) is 1.59. The Labute approximate surface area is 126 Å². The summed E-state index contributed by atoms with van der Waals surface area (Å²) in [5.41, 5.74) is 6.43. The molecule has 5 nitrogen and oxygen atoms in total. The van der Waals surface area contributed by atoms with E-state index in [0.717, 1.165) is 4.90 Å². The van der Waals surface area contributed by atoms with E-state index >= 15 is 0 Å². The Morgan fingerprint density at radius 2 is 2.05 bits per heavy atom. The number of nitrogens with zero attached hydrogens (tertiary/aromatic N) is 3. The molecule has 0 aromatic carbocycles. The molecule has 2 heterocycles. The van der Waals surface area contributed by atoms with Crippen molar-refractivity contribution in [2.75, 3.05) is 6.54 Å². The van der Waals surface area contributed by atoms with Crippen LogP contribution in [0, 0.1) is 6.92 Å². The number of piperidine rings is 1. The molecule has 1 aliphatic heterocycles. The van der Waals surface area contributed by atoms with E-state index in [1.165, 1.54) is 17.8 Å². The van der Waals surface area contributed by atoms with E-state index in [2.05, 4.69) is 5.10 Å². The number of likely N-dealkylation sites (tertiary alicyclic amines) is 1. The third kappa shape index (κ3) is 3.68. The van der Waals surface area contributed by atoms with Gasteiger partial charge in [0.2, 0.25) is 0 Å². The summed E-state index contributed by atoms with van der Waals surface area (Å²) in [5, 5.41) is 3.99. The molecule has 1 aromatic heterocycles. The lowest BCUT2D eigenvalue weighted by atomic mass is 9.98. The zero-order valence-corrected chi connectivity index (χ0v) is 12.5.